The predicted octanol–water partition coefficient (Wildman–Crippen LogP) is 0.687. The molecule has 4 nitrogen and oxygen atoms in total. The number of carbonyl (C=O) groups excluding carboxylic acids is 1. The Balaban J connectivity index is 2.53. The number of aliphatic hydroxyl groups is 1. The highest BCUT2D eigenvalue weighted by molar-refractivity contribution is 5.84. The van der Waals surface area contributed by atoms with E-state index in [1.807, 2.05) is 0 Å². The third-order valence-corrected chi connectivity index (χ3v) is 3.32. The zero-order valence-corrected chi connectivity index (χ0v) is 10.1. The molecule has 0 aromatic carbocycles. The van der Waals surface area contributed by atoms with Gasteiger partial charge >= 0.3 is 0 Å². The molecule has 2 unspecified atom stereocenters. The second-order valence-corrected chi connectivity index (χ2v) is 5.37. The van der Waals surface area contributed by atoms with Crippen LogP contribution in [0.15, 0.2) is 0 Å². The van der Waals surface area contributed by atoms with Gasteiger partial charge in [0.15, 0.2) is 0 Å². The van der Waals surface area contributed by atoms with E-state index in [1.165, 1.54) is 13.8 Å². The van der Waals surface area contributed by atoms with E-state index in [4.69, 9.17) is 4.74 Å². The van der Waals surface area contributed by atoms with E-state index in [2.05, 4.69) is 19.2 Å². The smallest absolute Gasteiger partial charge is 0.251 e. The molecule has 0 heterocycles. The average molecular weight is 215 g/mol. The highest BCUT2D eigenvalue weighted by Crippen LogP contribution is 2.42. The first-order valence-electron chi connectivity index (χ1n) is 5.25. The first kappa shape index (κ1) is 12.5. The zero-order chi connectivity index (χ0) is 11.9. The summed E-state index contributed by atoms with van der Waals surface area (Å²) in [5, 5.41) is 12.3. The second-order valence-electron chi connectivity index (χ2n) is 5.37. The summed E-state index contributed by atoms with van der Waals surface area (Å²) in [5.74, 6) is -0.324. The van der Waals surface area contributed by atoms with Crippen molar-refractivity contribution in [3.63, 3.8) is 0 Å². The Kier molecular flexibility index (Phi) is 3.12. The summed E-state index contributed by atoms with van der Waals surface area (Å²) >= 11 is 0. The van der Waals surface area contributed by atoms with Gasteiger partial charge < -0.3 is 15.2 Å². The third kappa shape index (κ3) is 2.32. The Morgan fingerprint density at radius 1 is 1.53 bits per heavy atom. The van der Waals surface area contributed by atoms with E-state index < -0.39 is 5.60 Å². The van der Waals surface area contributed by atoms with Crippen LogP contribution in [0.25, 0.3) is 0 Å². The van der Waals surface area contributed by atoms with Crippen molar-refractivity contribution in [2.75, 3.05) is 7.11 Å². The summed E-state index contributed by atoms with van der Waals surface area (Å²) in [6.45, 7) is 7.09. The van der Waals surface area contributed by atoms with Crippen molar-refractivity contribution in [2.24, 2.45) is 5.41 Å². The molecule has 2 N–H and O–H groups in total. The first-order valence-corrected chi connectivity index (χ1v) is 5.25. The first-order chi connectivity index (χ1) is 6.69. The quantitative estimate of drug-likeness (QED) is 0.728. The molecule has 1 rings (SSSR count). The fraction of sp³-hybridized carbons (Fsp3) is 0.909. The van der Waals surface area contributed by atoms with Crippen LogP contribution < -0.4 is 5.32 Å². The number of hydrogen-bond donors (Lipinski definition) is 2. The summed E-state index contributed by atoms with van der Waals surface area (Å²) in [7, 11) is 1.68. The van der Waals surface area contributed by atoms with Crippen molar-refractivity contribution in [1.82, 2.24) is 5.32 Å². The van der Waals surface area contributed by atoms with Crippen LogP contribution in [0.2, 0.25) is 0 Å². The maximum atomic E-state index is 11.5. The molecular weight excluding hydrogens is 194 g/mol. The van der Waals surface area contributed by atoms with Crippen LogP contribution in [-0.4, -0.2) is 35.9 Å². The van der Waals surface area contributed by atoms with E-state index in [0.717, 1.165) is 6.42 Å². The van der Waals surface area contributed by atoms with Crippen molar-refractivity contribution >= 4 is 5.91 Å². The van der Waals surface area contributed by atoms with Gasteiger partial charge in [0.2, 0.25) is 0 Å². The van der Waals surface area contributed by atoms with Gasteiger partial charge in [-0.25, -0.2) is 0 Å². The largest absolute Gasteiger partial charge is 0.381 e. The molecule has 1 aliphatic carbocycles. The van der Waals surface area contributed by atoms with Crippen molar-refractivity contribution in [3.05, 3.63) is 0 Å². The molecule has 15 heavy (non-hydrogen) atoms. The van der Waals surface area contributed by atoms with Gasteiger partial charge in [-0.2, -0.15) is 0 Å². The number of ether oxygens (including phenoxy) is 1. The molecule has 0 radical (unpaired) electrons. The topological polar surface area (TPSA) is 58.6 Å². The lowest BCUT2D eigenvalue weighted by atomic mass is 9.64. The van der Waals surface area contributed by atoms with Crippen LogP contribution in [0.1, 0.15) is 34.1 Å². The minimum Gasteiger partial charge on any atom is -0.381 e. The molecule has 0 spiro atoms. The number of rotatable bonds is 3. The van der Waals surface area contributed by atoms with Crippen LogP contribution in [0.4, 0.5) is 0 Å². The van der Waals surface area contributed by atoms with Crippen LogP contribution in [0.3, 0.4) is 0 Å². The van der Waals surface area contributed by atoms with Gasteiger partial charge in [-0.05, 0) is 20.3 Å². The Hall–Kier alpha value is -0.610. The molecule has 4 heteroatoms. The number of amides is 1. The number of hydrogen-bond acceptors (Lipinski definition) is 3. The van der Waals surface area contributed by atoms with Crippen LogP contribution in [0.5, 0.6) is 0 Å². The van der Waals surface area contributed by atoms with E-state index in [0.29, 0.717) is 0 Å². The van der Waals surface area contributed by atoms with Gasteiger partial charge in [0.05, 0.1) is 6.10 Å². The lowest BCUT2D eigenvalue weighted by molar-refractivity contribution is -0.146. The van der Waals surface area contributed by atoms with Gasteiger partial charge in [-0.1, -0.05) is 13.8 Å². The summed E-state index contributed by atoms with van der Waals surface area (Å²) in [6.07, 6.45) is 0.996. The second kappa shape index (κ2) is 3.76. The molecule has 0 bridgehead atoms. The predicted molar refractivity (Wildman–Crippen MR) is 57.4 cm³/mol. The molecule has 1 amide bonds. The minimum atomic E-state index is -1.31. The van der Waals surface area contributed by atoms with Gasteiger partial charge in [-0.3, -0.25) is 4.79 Å². The van der Waals surface area contributed by atoms with Gasteiger partial charge in [0.1, 0.15) is 5.60 Å². The summed E-state index contributed by atoms with van der Waals surface area (Å²) < 4.78 is 5.29. The molecule has 0 aromatic heterocycles. The normalized spacial score (nSPS) is 29.5. The maximum absolute atomic E-state index is 11.5. The number of methoxy groups -OCH3 is 1. The number of carbonyl (C=O) groups is 1. The van der Waals surface area contributed by atoms with E-state index in [-0.39, 0.29) is 23.5 Å². The SMILES string of the molecule is COC1CC(NC(=O)C(C)(C)O)C1(C)C. The minimum absolute atomic E-state index is 0.0599. The average Bonchev–Trinajstić information content (AvgIpc) is 2.09. The van der Waals surface area contributed by atoms with Crippen molar-refractivity contribution in [3.8, 4) is 0 Å². The van der Waals surface area contributed by atoms with Crippen LogP contribution >= 0.6 is 0 Å². The molecule has 1 fully saturated rings. The summed E-state index contributed by atoms with van der Waals surface area (Å²) in [5.41, 5.74) is -1.37. The van der Waals surface area contributed by atoms with Crippen LogP contribution in [-0.2, 0) is 9.53 Å². The fourth-order valence-electron chi connectivity index (χ4n) is 1.87. The van der Waals surface area contributed by atoms with Crippen molar-refractivity contribution < 1.29 is 14.6 Å². The van der Waals surface area contributed by atoms with Gasteiger partial charge in [0.25, 0.3) is 5.91 Å². The molecule has 0 aromatic rings. The lowest BCUT2D eigenvalue weighted by Gasteiger charge is -2.51. The fourth-order valence-corrected chi connectivity index (χ4v) is 1.87. The molecule has 88 valence electrons. The molecule has 2 atom stereocenters. The Morgan fingerprint density at radius 2 is 2.07 bits per heavy atom. The number of nitrogens with one attached hydrogen (secondary N) is 1. The lowest BCUT2D eigenvalue weighted by Crippen LogP contribution is -2.63. The standard InChI is InChI=1S/C11H21NO3/c1-10(2)7(6-8(10)15-5)12-9(13)11(3,4)14/h7-8,14H,6H2,1-5H3,(H,12,13). The highest BCUT2D eigenvalue weighted by atomic mass is 16.5. The molecule has 0 saturated heterocycles. The summed E-state index contributed by atoms with van der Waals surface area (Å²) in [6, 6.07) is 0.0846. The molecule has 1 aliphatic rings. The zero-order valence-electron chi connectivity index (χ0n) is 10.1. The Bertz CT molecular complexity index is 255. The van der Waals surface area contributed by atoms with E-state index in [9.17, 15) is 9.90 Å². The van der Waals surface area contributed by atoms with Crippen molar-refractivity contribution in [2.45, 2.75) is 51.9 Å². The van der Waals surface area contributed by atoms with E-state index >= 15 is 0 Å². The highest BCUT2D eigenvalue weighted by Gasteiger charge is 2.49. The molecule has 1 saturated carbocycles. The monoisotopic (exact) mass is 215 g/mol. The van der Waals surface area contributed by atoms with Gasteiger partial charge in [0, 0.05) is 18.6 Å². The third-order valence-electron chi connectivity index (χ3n) is 3.32. The van der Waals surface area contributed by atoms with Crippen molar-refractivity contribution in [1.29, 1.82) is 0 Å². The Morgan fingerprint density at radius 3 is 2.40 bits per heavy atom. The van der Waals surface area contributed by atoms with Gasteiger partial charge in [-0.15, -0.1) is 0 Å². The summed E-state index contributed by atoms with van der Waals surface area (Å²) in [4.78, 5) is 11.5. The Labute approximate surface area is 91.0 Å². The molecule has 0 aliphatic heterocycles. The van der Waals surface area contributed by atoms with E-state index in [1.54, 1.807) is 7.11 Å². The maximum Gasteiger partial charge on any atom is 0.251 e. The molecular formula is C11H21NO3. The van der Waals surface area contributed by atoms with Crippen LogP contribution in [0, 0.1) is 5.41 Å².